The number of ether oxygens (including phenoxy) is 1. The standard InChI is InChI=1S/C21H17N5O4S2/c1-30-17-12-15(26(28)29)9-10-16(17)22-19(27)13-32-21-24-23-20(18-8-5-11-31-18)25(21)14-6-3-2-4-7-14/h2-12H,13H2,1H3,(H,22,27). The summed E-state index contributed by atoms with van der Waals surface area (Å²) in [5.41, 5.74) is 1.12. The van der Waals surface area contributed by atoms with Crippen LogP contribution in [0.1, 0.15) is 0 Å². The van der Waals surface area contributed by atoms with Gasteiger partial charge >= 0.3 is 0 Å². The van der Waals surface area contributed by atoms with Crippen molar-refractivity contribution in [3.8, 4) is 22.1 Å². The molecular formula is C21H17N5O4S2. The first kappa shape index (κ1) is 21.5. The molecule has 0 atom stereocenters. The van der Waals surface area contributed by atoms with Crippen LogP contribution in [0.5, 0.6) is 5.75 Å². The van der Waals surface area contributed by atoms with Crippen molar-refractivity contribution in [2.75, 3.05) is 18.2 Å². The van der Waals surface area contributed by atoms with E-state index < -0.39 is 4.92 Å². The van der Waals surface area contributed by atoms with Crippen LogP contribution in [0.2, 0.25) is 0 Å². The minimum absolute atomic E-state index is 0.0650. The van der Waals surface area contributed by atoms with Gasteiger partial charge in [-0.25, -0.2) is 0 Å². The normalized spacial score (nSPS) is 10.7. The summed E-state index contributed by atoms with van der Waals surface area (Å²) in [7, 11) is 1.39. The third-order valence-corrected chi connectivity index (χ3v) is 6.19. The molecule has 2 aromatic carbocycles. The van der Waals surface area contributed by atoms with E-state index in [9.17, 15) is 14.9 Å². The van der Waals surface area contributed by atoms with Crippen LogP contribution < -0.4 is 10.1 Å². The van der Waals surface area contributed by atoms with Crippen LogP contribution in [0.4, 0.5) is 11.4 Å². The zero-order valence-electron chi connectivity index (χ0n) is 16.8. The van der Waals surface area contributed by atoms with E-state index in [0.29, 0.717) is 16.7 Å². The molecule has 0 aliphatic heterocycles. The lowest BCUT2D eigenvalue weighted by Crippen LogP contribution is -2.15. The Morgan fingerprint density at radius 3 is 2.69 bits per heavy atom. The van der Waals surface area contributed by atoms with Crippen LogP contribution in [-0.2, 0) is 4.79 Å². The van der Waals surface area contributed by atoms with E-state index in [1.165, 1.54) is 37.1 Å². The number of nitrogens with zero attached hydrogens (tertiary/aromatic N) is 4. The first-order valence-electron chi connectivity index (χ1n) is 9.36. The number of carbonyl (C=O) groups is 1. The summed E-state index contributed by atoms with van der Waals surface area (Å²) in [6.07, 6.45) is 0. The highest BCUT2D eigenvalue weighted by Crippen LogP contribution is 2.31. The number of thioether (sulfide) groups is 1. The van der Waals surface area contributed by atoms with Crippen molar-refractivity contribution in [2.45, 2.75) is 5.16 Å². The molecule has 0 unspecified atom stereocenters. The Kier molecular flexibility index (Phi) is 6.47. The van der Waals surface area contributed by atoms with Crippen LogP contribution in [0.25, 0.3) is 16.4 Å². The predicted octanol–water partition coefficient (Wildman–Crippen LogP) is 4.64. The van der Waals surface area contributed by atoms with Gasteiger partial charge in [0.2, 0.25) is 5.91 Å². The monoisotopic (exact) mass is 467 g/mol. The van der Waals surface area contributed by atoms with Crippen LogP contribution >= 0.6 is 23.1 Å². The zero-order valence-corrected chi connectivity index (χ0v) is 18.4. The van der Waals surface area contributed by atoms with Crippen molar-refractivity contribution in [3.05, 3.63) is 76.2 Å². The molecular weight excluding hydrogens is 450 g/mol. The number of hydrogen-bond acceptors (Lipinski definition) is 8. The van der Waals surface area contributed by atoms with Gasteiger partial charge in [0.1, 0.15) is 5.75 Å². The number of hydrogen-bond donors (Lipinski definition) is 1. The van der Waals surface area contributed by atoms with Crippen LogP contribution in [0.3, 0.4) is 0 Å². The van der Waals surface area contributed by atoms with Crippen molar-refractivity contribution >= 4 is 40.4 Å². The van der Waals surface area contributed by atoms with Gasteiger partial charge in [0.15, 0.2) is 11.0 Å². The molecule has 0 saturated carbocycles. The van der Waals surface area contributed by atoms with E-state index in [-0.39, 0.29) is 23.1 Å². The van der Waals surface area contributed by atoms with Crippen molar-refractivity contribution < 1.29 is 14.5 Å². The fourth-order valence-electron chi connectivity index (χ4n) is 2.95. The Balaban J connectivity index is 1.53. The molecule has 0 saturated heterocycles. The summed E-state index contributed by atoms with van der Waals surface area (Å²) in [6.45, 7) is 0. The maximum absolute atomic E-state index is 12.6. The molecule has 162 valence electrons. The van der Waals surface area contributed by atoms with Crippen LogP contribution in [0, 0.1) is 10.1 Å². The fraction of sp³-hybridized carbons (Fsp3) is 0.0952. The summed E-state index contributed by atoms with van der Waals surface area (Å²) >= 11 is 2.80. The number of benzene rings is 2. The number of para-hydroxylation sites is 1. The second kappa shape index (κ2) is 9.62. The van der Waals surface area contributed by atoms with Gasteiger partial charge in [0.25, 0.3) is 5.69 Å². The first-order valence-corrected chi connectivity index (χ1v) is 11.2. The smallest absolute Gasteiger partial charge is 0.273 e. The molecule has 0 bridgehead atoms. The van der Waals surface area contributed by atoms with Gasteiger partial charge in [-0.1, -0.05) is 36.0 Å². The fourth-order valence-corrected chi connectivity index (χ4v) is 4.40. The van der Waals surface area contributed by atoms with Gasteiger partial charge in [-0.15, -0.1) is 21.5 Å². The highest BCUT2D eigenvalue weighted by Gasteiger charge is 2.19. The van der Waals surface area contributed by atoms with Crippen molar-refractivity contribution in [2.24, 2.45) is 0 Å². The number of non-ortho nitro benzene ring substituents is 1. The highest BCUT2D eigenvalue weighted by atomic mass is 32.2. The third-order valence-electron chi connectivity index (χ3n) is 4.39. The second-order valence-corrected chi connectivity index (χ2v) is 8.32. The molecule has 11 heteroatoms. The Morgan fingerprint density at radius 2 is 2.00 bits per heavy atom. The molecule has 9 nitrogen and oxygen atoms in total. The number of nitro benzene ring substituents is 1. The number of carbonyl (C=O) groups excluding carboxylic acids is 1. The Morgan fingerprint density at radius 1 is 1.19 bits per heavy atom. The number of anilines is 1. The number of aromatic nitrogens is 3. The molecule has 0 aliphatic carbocycles. The minimum atomic E-state index is -0.522. The number of nitro groups is 1. The molecule has 32 heavy (non-hydrogen) atoms. The number of amides is 1. The van der Waals surface area contributed by atoms with Gasteiger partial charge in [0, 0.05) is 11.8 Å². The quantitative estimate of drug-likeness (QED) is 0.228. The average molecular weight is 468 g/mol. The molecule has 0 spiro atoms. The maximum atomic E-state index is 12.6. The molecule has 1 amide bonds. The van der Waals surface area contributed by atoms with Crippen molar-refractivity contribution in [1.82, 2.24) is 14.8 Å². The second-order valence-electron chi connectivity index (χ2n) is 6.43. The lowest BCUT2D eigenvalue weighted by atomic mass is 10.2. The Labute approximate surface area is 191 Å². The molecule has 4 rings (SSSR count). The maximum Gasteiger partial charge on any atom is 0.273 e. The van der Waals surface area contributed by atoms with Gasteiger partial charge in [-0.05, 0) is 29.6 Å². The molecule has 0 fully saturated rings. The SMILES string of the molecule is COc1cc([N+](=O)[O-])ccc1NC(=O)CSc1nnc(-c2cccs2)n1-c1ccccc1. The summed E-state index contributed by atoms with van der Waals surface area (Å²) in [5, 5.41) is 24.8. The summed E-state index contributed by atoms with van der Waals surface area (Å²) in [4.78, 5) is 24.0. The Hall–Kier alpha value is -3.70. The minimum Gasteiger partial charge on any atom is -0.494 e. The zero-order chi connectivity index (χ0) is 22.5. The van der Waals surface area contributed by atoms with E-state index >= 15 is 0 Å². The summed E-state index contributed by atoms with van der Waals surface area (Å²) < 4.78 is 7.08. The third kappa shape index (κ3) is 4.63. The first-order chi connectivity index (χ1) is 15.6. The summed E-state index contributed by atoms with van der Waals surface area (Å²) in [5.74, 6) is 0.675. The molecule has 1 N–H and O–H groups in total. The molecule has 2 aromatic heterocycles. The number of rotatable bonds is 8. The number of nitrogens with one attached hydrogen (secondary N) is 1. The average Bonchev–Trinajstić information content (AvgIpc) is 3.48. The highest BCUT2D eigenvalue weighted by molar-refractivity contribution is 7.99. The van der Waals surface area contributed by atoms with Crippen LogP contribution in [-0.4, -0.2) is 38.5 Å². The van der Waals surface area contributed by atoms with E-state index in [1.807, 2.05) is 52.4 Å². The topological polar surface area (TPSA) is 112 Å². The van der Waals surface area contributed by atoms with E-state index in [4.69, 9.17) is 4.74 Å². The lowest BCUT2D eigenvalue weighted by molar-refractivity contribution is -0.384. The lowest BCUT2D eigenvalue weighted by Gasteiger charge is -2.11. The van der Waals surface area contributed by atoms with Crippen molar-refractivity contribution in [1.29, 1.82) is 0 Å². The van der Waals surface area contributed by atoms with Gasteiger partial charge in [0.05, 0.1) is 34.4 Å². The predicted molar refractivity (Wildman–Crippen MR) is 124 cm³/mol. The molecule has 0 radical (unpaired) electrons. The molecule has 0 aliphatic rings. The largest absolute Gasteiger partial charge is 0.494 e. The van der Waals surface area contributed by atoms with Gasteiger partial charge in [-0.2, -0.15) is 0 Å². The number of thiophene rings is 1. The molecule has 4 aromatic rings. The van der Waals surface area contributed by atoms with E-state index in [2.05, 4.69) is 15.5 Å². The summed E-state index contributed by atoms with van der Waals surface area (Å²) in [6, 6.07) is 17.6. The molecule has 2 heterocycles. The van der Waals surface area contributed by atoms with Crippen molar-refractivity contribution in [3.63, 3.8) is 0 Å². The Bertz CT molecular complexity index is 1240. The van der Waals surface area contributed by atoms with Crippen LogP contribution in [0.15, 0.2) is 71.2 Å². The van der Waals surface area contributed by atoms with E-state index in [0.717, 1.165) is 10.6 Å². The van der Waals surface area contributed by atoms with Gasteiger partial charge in [-0.3, -0.25) is 19.5 Å². The van der Waals surface area contributed by atoms with Gasteiger partial charge < -0.3 is 10.1 Å². The number of methoxy groups -OCH3 is 1. The van der Waals surface area contributed by atoms with E-state index in [1.54, 1.807) is 11.3 Å².